The number of urea groups is 1. The number of aromatic nitrogens is 1. The molecule has 0 aliphatic rings. The Morgan fingerprint density at radius 2 is 1.80 bits per heavy atom. The van der Waals surface area contributed by atoms with E-state index < -0.39 is 6.10 Å². The third-order valence-corrected chi connectivity index (χ3v) is 4.28. The van der Waals surface area contributed by atoms with E-state index in [0.29, 0.717) is 6.54 Å². The largest absolute Gasteiger partial charge is 0.386 e. The first-order valence-electron chi connectivity index (χ1n) is 8.43. The monoisotopic (exact) mass is 337 g/mol. The van der Waals surface area contributed by atoms with Crippen molar-refractivity contribution < 1.29 is 9.90 Å². The summed E-state index contributed by atoms with van der Waals surface area (Å²) in [7, 11) is 1.95. The minimum Gasteiger partial charge on any atom is -0.386 e. The van der Waals surface area contributed by atoms with Crippen LogP contribution in [0.2, 0.25) is 0 Å². The predicted molar refractivity (Wildman–Crippen MR) is 99.4 cm³/mol. The lowest BCUT2D eigenvalue weighted by Gasteiger charge is -2.12. The van der Waals surface area contributed by atoms with Gasteiger partial charge in [-0.1, -0.05) is 48.5 Å². The number of hydrogen-bond acceptors (Lipinski definition) is 2. The summed E-state index contributed by atoms with van der Waals surface area (Å²) >= 11 is 0. The van der Waals surface area contributed by atoms with Crippen LogP contribution in [0.5, 0.6) is 0 Å². The van der Waals surface area contributed by atoms with Gasteiger partial charge in [0.1, 0.15) is 0 Å². The van der Waals surface area contributed by atoms with Gasteiger partial charge < -0.3 is 20.3 Å². The number of nitrogens with zero attached hydrogens (tertiary/aromatic N) is 1. The zero-order valence-corrected chi connectivity index (χ0v) is 14.3. The van der Waals surface area contributed by atoms with Gasteiger partial charge in [0.05, 0.1) is 6.10 Å². The molecule has 0 saturated heterocycles. The maximum atomic E-state index is 11.9. The molecule has 5 heteroatoms. The highest BCUT2D eigenvalue weighted by molar-refractivity contribution is 5.84. The molecule has 0 saturated carbocycles. The summed E-state index contributed by atoms with van der Waals surface area (Å²) in [5.41, 5.74) is 3.06. The molecule has 1 heterocycles. The summed E-state index contributed by atoms with van der Waals surface area (Å²) < 4.78 is 1.98. The molecule has 25 heavy (non-hydrogen) atoms. The van der Waals surface area contributed by atoms with E-state index in [-0.39, 0.29) is 12.6 Å². The Hall–Kier alpha value is -2.79. The van der Waals surface area contributed by atoms with Gasteiger partial charge in [-0.3, -0.25) is 0 Å². The van der Waals surface area contributed by atoms with E-state index in [1.165, 1.54) is 5.56 Å². The Bertz CT molecular complexity index is 843. The summed E-state index contributed by atoms with van der Waals surface area (Å²) in [6.45, 7) is 0.728. The first-order chi connectivity index (χ1) is 12.1. The van der Waals surface area contributed by atoms with Gasteiger partial charge in [0.15, 0.2) is 0 Å². The maximum Gasteiger partial charge on any atom is 0.314 e. The Balaban J connectivity index is 1.49. The van der Waals surface area contributed by atoms with Crippen molar-refractivity contribution in [1.29, 1.82) is 0 Å². The molecule has 0 fully saturated rings. The summed E-state index contributed by atoms with van der Waals surface area (Å²) in [6, 6.07) is 17.6. The van der Waals surface area contributed by atoms with Gasteiger partial charge in [-0.25, -0.2) is 4.79 Å². The number of para-hydroxylation sites is 1. The van der Waals surface area contributed by atoms with Crippen LogP contribution < -0.4 is 10.6 Å². The molecular formula is C20H23N3O2. The zero-order valence-electron chi connectivity index (χ0n) is 14.3. The van der Waals surface area contributed by atoms with Gasteiger partial charge in [-0.15, -0.1) is 0 Å². The summed E-state index contributed by atoms with van der Waals surface area (Å²) in [4.78, 5) is 11.9. The second-order valence-corrected chi connectivity index (χ2v) is 6.10. The minimum atomic E-state index is -0.744. The number of benzene rings is 2. The second-order valence-electron chi connectivity index (χ2n) is 6.10. The molecule has 2 aromatic carbocycles. The number of aliphatic hydroxyl groups is 1. The average Bonchev–Trinajstić information content (AvgIpc) is 2.98. The smallest absolute Gasteiger partial charge is 0.314 e. The van der Waals surface area contributed by atoms with Crippen molar-refractivity contribution in [2.45, 2.75) is 12.5 Å². The van der Waals surface area contributed by atoms with Crippen LogP contribution in [0.3, 0.4) is 0 Å². The first-order valence-corrected chi connectivity index (χ1v) is 8.43. The molecule has 0 bridgehead atoms. The third-order valence-electron chi connectivity index (χ3n) is 4.28. The van der Waals surface area contributed by atoms with Crippen LogP contribution in [-0.2, 0) is 13.5 Å². The van der Waals surface area contributed by atoms with E-state index in [0.717, 1.165) is 22.9 Å². The van der Waals surface area contributed by atoms with Crippen LogP contribution in [0.4, 0.5) is 4.79 Å². The lowest BCUT2D eigenvalue weighted by atomic mass is 10.1. The zero-order chi connectivity index (χ0) is 17.6. The molecule has 3 N–H and O–H groups in total. The van der Waals surface area contributed by atoms with Gasteiger partial charge >= 0.3 is 6.03 Å². The molecule has 0 spiro atoms. The number of amides is 2. The fourth-order valence-corrected chi connectivity index (χ4v) is 2.97. The lowest BCUT2D eigenvalue weighted by Crippen LogP contribution is -2.38. The van der Waals surface area contributed by atoms with Crippen LogP contribution >= 0.6 is 0 Å². The highest BCUT2D eigenvalue weighted by Gasteiger charge is 2.15. The van der Waals surface area contributed by atoms with Crippen molar-refractivity contribution in [2.24, 2.45) is 7.05 Å². The minimum absolute atomic E-state index is 0.172. The quantitative estimate of drug-likeness (QED) is 0.647. The third kappa shape index (κ3) is 4.19. The number of nitrogens with one attached hydrogen (secondary N) is 2. The van der Waals surface area contributed by atoms with E-state index in [2.05, 4.69) is 10.6 Å². The Kier molecular flexibility index (Phi) is 5.36. The highest BCUT2D eigenvalue weighted by atomic mass is 16.3. The normalized spacial score (nSPS) is 12.1. The number of carbonyl (C=O) groups excluding carboxylic acids is 1. The van der Waals surface area contributed by atoms with Crippen LogP contribution in [0, 0.1) is 0 Å². The topological polar surface area (TPSA) is 66.3 Å². The van der Waals surface area contributed by atoms with Crippen molar-refractivity contribution in [1.82, 2.24) is 15.2 Å². The maximum absolute atomic E-state index is 11.9. The van der Waals surface area contributed by atoms with Crippen molar-refractivity contribution in [2.75, 3.05) is 13.1 Å². The van der Waals surface area contributed by atoms with Crippen molar-refractivity contribution in [3.63, 3.8) is 0 Å². The molecular weight excluding hydrogens is 314 g/mol. The van der Waals surface area contributed by atoms with E-state index in [1.807, 2.05) is 72.4 Å². The van der Waals surface area contributed by atoms with E-state index >= 15 is 0 Å². The second kappa shape index (κ2) is 7.85. The van der Waals surface area contributed by atoms with E-state index in [4.69, 9.17) is 0 Å². The summed E-state index contributed by atoms with van der Waals surface area (Å²) in [5.74, 6) is 0. The lowest BCUT2D eigenvalue weighted by molar-refractivity contribution is 0.174. The molecule has 1 unspecified atom stereocenters. The molecule has 1 atom stereocenters. The van der Waals surface area contributed by atoms with E-state index in [1.54, 1.807) is 0 Å². The summed E-state index contributed by atoms with van der Waals surface area (Å²) in [5, 5.41) is 17.0. The Labute approximate surface area is 147 Å². The van der Waals surface area contributed by atoms with Crippen molar-refractivity contribution >= 4 is 16.9 Å². The predicted octanol–water partition coefficient (Wildman–Crippen LogP) is 2.75. The molecule has 0 radical (unpaired) electrons. The highest BCUT2D eigenvalue weighted by Crippen LogP contribution is 2.25. The number of aryl methyl sites for hydroxylation is 1. The standard InChI is InChI=1S/C20H23N3O2/c1-23-14-17(16-9-5-6-10-18(16)23)19(24)13-22-20(25)21-12-11-15-7-3-2-4-8-15/h2-10,14,19,24H,11-13H2,1H3,(H2,21,22,25). The van der Waals surface area contributed by atoms with Crippen molar-refractivity contribution in [3.05, 3.63) is 71.9 Å². The van der Waals surface area contributed by atoms with Gasteiger partial charge in [-0.2, -0.15) is 0 Å². The first kappa shape index (κ1) is 17.0. The Morgan fingerprint density at radius 1 is 1.08 bits per heavy atom. The van der Waals surface area contributed by atoms with Gasteiger partial charge in [-0.05, 0) is 18.1 Å². The van der Waals surface area contributed by atoms with Gasteiger partial charge in [0.2, 0.25) is 0 Å². The van der Waals surface area contributed by atoms with Crippen LogP contribution in [0.25, 0.3) is 10.9 Å². The number of rotatable bonds is 6. The van der Waals surface area contributed by atoms with E-state index in [9.17, 15) is 9.90 Å². The number of aliphatic hydroxyl groups excluding tert-OH is 1. The molecule has 3 rings (SSSR count). The SMILES string of the molecule is Cn1cc(C(O)CNC(=O)NCCc2ccccc2)c2ccccc21. The molecule has 5 nitrogen and oxygen atoms in total. The average molecular weight is 337 g/mol. The molecule has 0 aliphatic carbocycles. The molecule has 2 amide bonds. The summed E-state index contributed by atoms with van der Waals surface area (Å²) in [6.07, 6.45) is 1.94. The fourth-order valence-electron chi connectivity index (χ4n) is 2.97. The molecule has 130 valence electrons. The number of fused-ring (bicyclic) bond motifs is 1. The number of hydrogen-bond donors (Lipinski definition) is 3. The van der Waals surface area contributed by atoms with Crippen molar-refractivity contribution in [3.8, 4) is 0 Å². The van der Waals surface area contributed by atoms with Gasteiger partial charge in [0, 0.05) is 42.8 Å². The van der Waals surface area contributed by atoms with Crippen LogP contribution in [0.1, 0.15) is 17.2 Å². The molecule has 1 aromatic heterocycles. The van der Waals surface area contributed by atoms with Gasteiger partial charge in [0.25, 0.3) is 0 Å². The number of carbonyl (C=O) groups is 1. The molecule has 0 aliphatic heterocycles. The van der Waals surface area contributed by atoms with Crippen LogP contribution in [-0.4, -0.2) is 28.8 Å². The fraction of sp³-hybridized carbons (Fsp3) is 0.250. The molecule has 3 aromatic rings. The Morgan fingerprint density at radius 3 is 2.60 bits per heavy atom. The van der Waals surface area contributed by atoms with Crippen LogP contribution in [0.15, 0.2) is 60.8 Å².